The van der Waals surface area contributed by atoms with Gasteiger partial charge in [-0.25, -0.2) is 4.98 Å². The van der Waals surface area contributed by atoms with Crippen LogP contribution in [0.3, 0.4) is 0 Å². The van der Waals surface area contributed by atoms with Gasteiger partial charge in [0, 0.05) is 28.8 Å². The molecule has 0 aliphatic carbocycles. The second-order valence-corrected chi connectivity index (χ2v) is 4.09. The first kappa shape index (κ1) is 8.97. The van der Waals surface area contributed by atoms with Gasteiger partial charge in [0.25, 0.3) is 0 Å². The molecule has 2 rings (SSSR count). The van der Waals surface area contributed by atoms with E-state index in [0.29, 0.717) is 0 Å². The standard InChI is InChI=1S/C9H10N2S2/c1-6-3-4-10-9-8(6)7(2)5-11(9)13-12/h3-5,12H,1-2H3. The maximum Gasteiger partial charge on any atom is 0.151 e. The molecule has 0 aromatic carbocycles. The highest BCUT2D eigenvalue weighted by atomic mass is 33.1. The molecule has 2 aromatic heterocycles. The van der Waals surface area contributed by atoms with Crippen LogP contribution < -0.4 is 0 Å². The molecule has 0 amide bonds. The average molecular weight is 210 g/mol. The quantitative estimate of drug-likeness (QED) is 0.576. The zero-order valence-electron chi connectivity index (χ0n) is 7.48. The van der Waals surface area contributed by atoms with Gasteiger partial charge in [-0.15, -0.1) is 0 Å². The zero-order chi connectivity index (χ0) is 9.42. The Bertz CT molecular complexity index is 448. The summed E-state index contributed by atoms with van der Waals surface area (Å²) in [6, 6.07) is 2.03. The van der Waals surface area contributed by atoms with Crippen LogP contribution in [0.25, 0.3) is 11.0 Å². The number of aromatic nitrogens is 2. The van der Waals surface area contributed by atoms with E-state index in [1.54, 1.807) is 0 Å². The van der Waals surface area contributed by atoms with E-state index in [2.05, 4.69) is 36.7 Å². The fourth-order valence-electron chi connectivity index (χ4n) is 1.56. The van der Waals surface area contributed by atoms with Crippen LogP contribution >= 0.6 is 22.6 Å². The number of hydrogen-bond acceptors (Lipinski definition) is 3. The second-order valence-electron chi connectivity index (χ2n) is 3.05. The van der Waals surface area contributed by atoms with Crippen LogP contribution in [0.15, 0.2) is 18.5 Å². The summed E-state index contributed by atoms with van der Waals surface area (Å²) in [5, 5.41) is 1.24. The molecule has 0 fully saturated rings. The smallest absolute Gasteiger partial charge is 0.151 e. The van der Waals surface area contributed by atoms with Gasteiger partial charge in [-0.1, -0.05) is 11.7 Å². The van der Waals surface area contributed by atoms with Gasteiger partial charge >= 0.3 is 0 Å². The minimum Gasteiger partial charge on any atom is -0.266 e. The maximum absolute atomic E-state index is 4.33. The van der Waals surface area contributed by atoms with Crippen molar-refractivity contribution in [3.63, 3.8) is 0 Å². The Labute approximate surface area is 86.3 Å². The van der Waals surface area contributed by atoms with Crippen molar-refractivity contribution < 1.29 is 0 Å². The van der Waals surface area contributed by atoms with Crippen molar-refractivity contribution >= 4 is 33.7 Å². The lowest BCUT2D eigenvalue weighted by atomic mass is 10.1. The van der Waals surface area contributed by atoms with Crippen molar-refractivity contribution in [3.05, 3.63) is 29.6 Å². The van der Waals surface area contributed by atoms with Gasteiger partial charge in [0.15, 0.2) is 5.65 Å². The molecule has 68 valence electrons. The Hall–Kier alpha value is -0.610. The normalized spacial score (nSPS) is 11.0. The van der Waals surface area contributed by atoms with Gasteiger partial charge in [-0.05, 0) is 31.0 Å². The lowest BCUT2D eigenvalue weighted by Gasteiger charge is -1.98. The molecule has 0 unspecified atom stereocenters. The fraction of sp³-hybridized carbons (Fsp3) is 0.222. The molecule has 2 aromatic rings. The third kappa shape index (κ3) is 1.34. The number of thiol groups is 1. The van der Waals surface area contributed by atoms with E-state index < -0.39 is 0 Å². The van der Waals surface area contributed by atoms with E-state index >= 15 is 0 Å². The van der Waals surface area contributed by atoms with Gasteiger partial charge in [0.05, 0.1) is 0 Å². The summed E-state index contributed by atoms with van der Waals surface area (Å²) in [5.41, 5.74) is 3.52. The van der Waals surface area contributed by atoms with Crippen LogP contribution in [0.4, 0.5) is 0 Å². The minimum absolute atomic E-state index is 0.998. The summed E-state index contributed by atoms with van der Waals surface area (Å²) in [7, 11) is 1.38. The Balaban J connectivity index is 2.87. The molecule has 2 heterocycles. The molecule has 0 N–H and O–H groups in total. The first-order valence-corrected chi connectivity index (χ1v) is 5.82. The van der Waals surface area contributed by atoms with Crippen LogP contribution in [-0.4, -0.2) is 8.96 Å². The maximum atomic E-state index is 4.33. The van der Waals surface area contributed by atoms with Crippen LogP contribution in [0, 0.1) is 13.8 Å². The number of fused-ring (bicyclic) bond motifs is 1. The molecule has 0 aliphatic heterocycles. The Morgan fingerprint density at radius 3 is 2.85 bits per heavy atom. The summed E-state index contributed by atoms with van der Waals surface area (Å²) in [6.07, 6.45) is 3.89. The van der Waals surface area contributed by atoms with Crippen LogP contribution in [-0.2, 0) is 0 Å². The zero-order valence-corrected chi connectivity index (χ0v) is 9.19. The second kappa shape index (κ2) is 3.27. The monoisotopic (exact) mass is 210 g/mol. The molecule has 13 heavy (non-hydrogen) atoms. The Morgan fingerprint density at radius 1 is 1.38 bits per heavy atom. The topological polar surface area (TPSA) is 17.8 Å². The van der Waals surface area contributed by atoms with Crippen LogP contribution in [0.1, 0.15) is 11.1 Å². The van der Waals surface area contributed by atoms with Gasteiger partial charge in [0.2, 0.25) is 0 Å². The molecule has 2 nitrogen and oxygen atoms in total. The fourth-order valence-corrected chi connectivity index (χ4v) is 2.36. The van der Waals surface area contributed by atoms with Gasteiger partial charge in [0.1, 0.15) is 0 Å². The minimum atomic E-state index is 0.998. The Kier molecular flexibility index (Phi) is 2.26. The molecule has 4 heteroatoms. The molecule has 0 bridgehead atoms. The third-order valence-corrected chi connectivity index (χ3v) is 3.12. The van der Waals surface area contributed by atoms with Crippen molar-refractivity contribution in [2.75, 3.05) is 0 Å². The van der Waals surface area contributed by atoms with E-state index in [0.717, 1.165) is 5.65 Å². The lowest BCUT2D eigenvalue weighted by Crippen LogP contribution is -1.84. The summed E-state index contributed by atoms with van der Waals surface area (Å²) in [5.74, 6) is 0. The summed E-state index contributed by atoms with van der Waals surface area (Å²) in [4.78, 5) is 4.33. The summed E-state index contributed by atoms with van der Waals surface area (Å²) in [6.45, 7) is 4.20. The molecule has 0 atom stereocenters. The Morgan fingerprint density at radius 2 is 2.15 bits per heavy atom. The number of aryl methyl sites for hydroxylation is 2. The first-order valence-electron chi connectivity index (χ1n) is 3.99. The molecular formula is C9H10N2S2. The van der Waals surface area contributed by atoms with E-state index in [1.165, 1.54) is 27.5 Å². The van der Waals surface area contributed by atoms with E-state index in [1.807, 2.05) is 16.2 Å². The molecule has 0 spiro atoms. The van der Waals surface area contributed by atoms with Gasteiger partial charge in [-0.2, -0.15) is 0 Å². The van der Waals surface area contributed by atoms with E-state index in [9.17, 15) is 0 Å². The van der Waals surface area contributed by atoms with Gasteiger partial charge < -0.3 is 0 Å². The molecule has 0 saturated carbocycles. The van der Waals surface area contributed by atoms with Crippen molar-refractivity contribution in [1.29, 1.82) is 0 Å². The highest BCUT2D eigenvalue weighted by molar-refractivity contribution is 8.68. The SMILES string of the molecule is Cc1ccnc2c1c(C)cn2SS. The number of hydrogen-bond donors (Lipinski definition) is 1. The number of pyridine rings is 1. The highest BCUT2D eigenvalue weighted by Crippen LogP contribution is 2.26. The number of rotatable bonds is 1. The summed E-state index contributed by atoms with van der Waals surface area (Å²) >= 11 is 4.17. The van der Waals surface area contributed by atoms with Crippen molar-refractivity contribution in [3.8, 4) is 0 Å². The number of nitrogens with zero attached hydrogens (tertiary/aromatic N) is 2. The predicted octanol–water partition coefficient (Wildman–Crippen LogP) is 2.99. The van der Waals surface area contributed by atoms with E-state index in [4.69, 9.17) is 0 Å². The molecule has 0 saturated heterocycles. The highest BCUT2D eigenvalue weighted by Gasteiger charge is 2.07. The van der Waals surface area contributed by atoms with Crippen LogP contribution in [0.2, 0.25) is 0 Å². The largest absolute Gasteiger partial charge is 0.266 e. The molecular weight excluding hydrogens is 200 g/mol. The average Bonchev–Trinajstić information content (AvgIpc) is 2.44. The van der Waals surface area contributed by atoms with E-state index in [-0.39, 0.29) is 0 Å². The molecule has 0 radical (unpaired) electrons. The molecule has 0 aliphatic rings. The predicted molar refractivity (Wildman–Crippen MR) is 61.2 cm³/mol. The van der Waals surface area contributed by atoms with Crippen molar-refractivity contribution in [2.24, 2.45) is 0 Å². The van der Waals surface area contributed by atoms with Crippen molar-refractivity contribution in [1.82, 2.24) is 8.96 Å². The summed E-state index contributed by atoms with van der Waals surface area (Å²) < 4.78 is 1.97. The third-order valence-electron chi connectivity index (χ3n) is 2.14. The lowest BCUT2D eigenvalue weighted by molar-refractivity contribution is 1.25. The van der Waals surface area contributed by atoms with Crippen LogP contribution in [0.5, 0.6) is 0 Å². The first-order chi connectivity index (χ1) is 6.24. The van der Waals surface area contributed by atoms with Gasteiger partial charge in [-0.3, -0.25) is 3.97 Å². The van der Waals surface area contributed by atoms with Crippen molar-refractivity contribution in [2.45, 2.75) is 13.8 Å².